The van der Waals surface area contributed by atoms with Gasteiger partial charge in [-0.25, -0.2) is 18.2 Å². The summed E-state index contributed by atoms with van der Waals surface area (Å²) < 4.78 is 29.0. The Morgan fingerprint density at radius 1 is 1.08 bits per heavy atom. The van der Waals surface area contributed by atoms with Crippen molar-refractivity contribution in [1.29, 1.82) is 0 Å². The Kier molecular flexibility index (Phi) is 4.34. The summed E-state index contributed by atoms with van der Waals surface area (Å²) in [4.78, 5) is 12.4. The summed E-state index contributed by atoms with van der Waals surface area (Å²) in [6.07, 6.45) is 1.47. The first-order valence-electron chi connectivity index (χ1n) is 7.13. The van der Waals surface area contributed by atoms with Gasteiger partial charge in [0, 0.05) is 5.56 Å². The van der Waals surface area contributed by atoms with Crippen molar-refractivity contribution in [1.82, 2.24) is 15.0 Å². The lowest BCUT2D eigenvalue weighted by atomic mass is 10.1. The molecular weight excluding hydrogens is 344 g/mol. The van der Waals surface area contributed by atoms with E-state index in [4.69, 9.17) is 9.88 Å². The Balaban J connectivity index is 1.85. The van der Waals surface area contributed by atoms with E-state index in [-0.39, 0.29) is 16.4 Å². The molecule has 25 heavy (non-hydrogen) atoms. The number of hydrogen-bond donors (Lipinski definition) is 1. The van der Waals surface area contributed by atoms with Crippen LogP contribution in [0.2, 0.25) is 0 Å². The summed E-state index contributed by atoms with van der Waals surface area (Å²) in [5.74, 6) is 0.366. The van der Waals surface area contributed by atoms with E-state index in [1.165, 1.54) is 35.1 Å². The number of ketones is 1. The highest BCUT2D eigenvalue weighted by molar-refractivity contribution is 7.89. The number of aromatic nitrogens is 3. The van der Waals surface area contributed by atoms with Crippen LogP contribution in [-0.4, -0.2) is 36.3 Å². The van der Waals surface area contributed by atoms with E-state index in [0.717, 1.165) is 0 Å². The summed E-state index contributed by atoms with van der Waals surface area (Å²) in [5.41, 5.74) is 1.17. The SMILES string of the molecule is COc1ccc(C(=O)c2cn(-c3ccc(S(N)(=O)=O)cc3)nn2)cc1. The van der Waals surface area contributed by atoms with Crippen LogP contribution in [0.3, 0.4) is 0 Å². The van der Waals surface area contributed by atoms with Crippen molar-refractivity contribution in [2.75, 3.05) is 7.11 Å². The number of nitrogens with zero attached hydrogens (tertiary/aromatic N) is 3. The summed E-state index contributed by atoms with van der Waals surface area (Å²) in [6.45, 7) is 0. The Morgan fingerprint density at radius 3 is 2.28 bits per heavy atom. The molecule has 0 amide bonds. The average Bonchev–Trinajstić information content (AvgIpc) is 3.10. The maximum Gasteiger partial charge on any atom is 0.238 e. The first-order chi connectivity index (χ1) is 11.9. The number of nitrogens with two attached hydrogens (primary N) is 1. The van der Waals surface area contributed by atoms with E-state index < -0.39 is 10.0 Å². The second-order valence-corrected chi connectivity index (χ2v) is 6.71. The summed E-state index contributed by atoms with van der Waals surface area (Å²) in [6, 6.07) is 12.4. The summed E-state index contributed by atoms with van der Waals surface area (Å²) >= 11 is 0. The molecule has 0 atom stereocenters. The predicted molar refractivity (Wildman–Crippen MR) is 89.2 cm³/mol. The molecule has 1 heterocycles. The molecule has 0 fully saturated rings. The van der Waals surface area contributed by atoms with Crippen molar-refractivity contribution in [3.8, 4) is 11.4 Å². The van der Waals surface area contributed by atoms with Gasteiger partial charge in [0.15, 0.2) is 5.69 Å². The largest absolute Gasteiger partial charge is 0.497 e. The Morgan fingerprint density at radius 2 is 1.72 bits per heavy atom. The molecule has 2 aromatic carbocycles. The first kappa shape index (κ1) is 16.8. The van der Waals surface area contributed by atoms with E-state index in [9.17, 15) is 13.2 Å². The van der Waals surface area contributed by atoms with Gasteiger partial charge in [0.1, 0.15) is 5.75 Å². The number of carbonyl (C=O) groups is 1. The molecule has 8 nitrogen and oxygen atoms in total. The van der Waals surface area contributed by atoms with Crippen molar-refractivity contribution in [3.63, 3.8) is 0 Å². The fourth-order valence-corrected chi connectivity index (χ4v) is 2.69. The lowest BCUT2D eigenvalue weighted by Crippen LogP contribution is -2.12. The zero-order valence-electron chi connectivity index (χ0n) is 13.2. The van der Waals surface area contributed by atoms with Crippen molar-refractivity contribution in [2.24, 2.45) is 5.14 Å². The Labute approximate surface area is 143 Å². The molecule has 3 rings (SSSR count). The maximum atomic E-state index is 12.4. The molecule has 0 bridgehead atoms. The number of hydrogen-bond acceptors (Lipinski definition) is 6. The average molecular weight is 358 g/mol. The minimum absolute atomic E-state index is 0.00843. The molecule has 3 aromatic rings. The fourth-order valence-electron chi connectivity index (χ4n) is 2.17. The molecular formula is C16H14N4O4S. The molecule has 0 aliphatic rings. The van der Waals surface area contributed by atoms with Crippen LogP contribution in [0.1, 0.15) is 16.1 Å². The molecule has 0 aliphatic heterocycles. The van der Waals surface area contributed by atoms with E-state index >= 15 is 0 Å². The van der Waals surface area contributed by atoms with Gasteiger partial charge < -0.3 is 4.74 Å². The first-order valence-corrected chi connectivity index (χ1v) is 8.67. The summed E-state index contributed by atoms with van der Waals surface area (Å²) in [5, 5.41) is 12.8. The fraction of sp³-hybridized carbons (Fsp3) is 0.0625. The van der Waals surface area contributed by atoms with Crippen LogP contribution in [-0.2, 0) is 10.0 Å². The van der Waals surface area contributed by atoms with Gasteiger partial charge in [-0.2, -0.15) is 0 Å². The number of rotatable bonds is 5. The van der Waals surface area contributed by atoms with Crippen LogP contribution in [0.5, 0.6) is 5.75 Å². The molecule has 9 heteroatoms. The van der Waals surface area contributed by atoms with E-state index in [1.54, 1.807) is 31.4 Å². The normalized spacial score (nSPS) is 11.3. The van der Waals surface area contributed by atoms with Gasteiger partial charge in [-0.1, -0.05) is 5.21 Å². The monoisotopic (exact) mass is 358 g/mol. The third-order valence-electron chi connectivity index (χ3n) is 3.51. The number of ether oxygens (including phenoxy) is 1. The minimum atomic E-state index is -3.76. The second kappa shape index (κ2) is 6.46. The van der Waals surface area contributed by atoms with Crippen LogP contribution in [0.25, 0.3) is 5.69 Å². The Bertz CT molecular complexity index is 1010. The molecule has 1 aromatic heterocycles. The van der Waals surface area contributed by atoms with E-state index in [0.29, 0.717) is 17.0 Å². The highest BCUT2D eigenvalue weighted by Gasteiger charge is 2.14. The molecule has 0 saturated heterocycles. The van der Waals surface area contributed by atoms with Gasteiger partial charge in [-0.15, -0.1) is 5.10 Å². The Hall–Kier alpha value is -3.04. The van der Waals surface area contributed by atoms with Gasteiger partial charge in [0.05, 0.1) is 23.9 Å². The highest BCUT2D eigenvalue weighted by Crippen LogP contribution is 2.16. The third kappa shape index (κ3) is 3.57. The molecule has 128 valence electrons. The van der Waals surface area contributed by atoms with E-state index in [2.05, 4.69) is 10.3 Å². The lowest BCUT2D eigenvalue weighted by Gasteiger charge is -2.02. The van der Waals surface area contributed by atoms with Crippen molar-refractivity contribution in [3.05, 3.63) is 66.0 Å². The zero-order chi connectivity index (χ0) is 18.0. The third-order valence-corrected chi connectivity index (χ3v) is 4.44. The minimum Gasteiger partial charge on any atom is -0.497 e. The number of primary sulfonamides is 1. The molecule has 0 saturated carbocycles. The van der Waals surface area contributed by atoms with Crippen LogP contribution in [0.4, 0.5) is 0 Å². The number of methoxy groups -OCH3 is 1. The second-order valence-electron chi connectivity index (χ2n) is 5.14. The van der Waals surface area contributed by atoms with Crippen LogP contribution >= 0.6 is 0 Å². The molecule has 0 aliphatic carbocycles. The maximum absolute atomic E-state index is 12.4. The smallest absolute Gasteiger partial charge is 0.238 e. The molecule has 0 radical (unpaired) electrons. The van der Waals surface area contributed by atoms with Crippen molar-refractivity contribution in [2.45, 2.75) is 4.90 Å². The predicted octanol–water partition coefficient (Wildman–Crippen LogP) is 1.15. The van der Waals surface area contributed by atoms with Gasteiger partial charge >= 0.3 is 0 Å². The highest BCUT2D eigenvalue weighted by atomic mass is 32.2. The number of carbonyl (C=O) groups excluding carboxylic acids is 1. The van der Waals surface area contributed by atoms with Crippen LogP contribution in [0.15, 0.2) is 59.6 Å². The van der Waals surface area contributed by atoms with Gasteiger partial charge in [0.25, 0.3) is 0 Å². The van der Waals surface area contributed by atoms with Crippen LogP contribution in [0, 0.1) is 0 Å². The summed E-state index contributed by atoms with van der Waals surface area (Å²) in [7, 11) is -2.22. The zero-order valence-corrected chi connectivity index (χ0v) is 14.0. The molecule has 2 N–H and O–H groups in total. The number of sulfonamides is 1. The van der Waals surface area contributed by atoms with Crippen molar-refractivity contribution >= 4 is 15.8 Å². The quantitative estimate of drug-likeness (QED) is 0.684. The van der Waals surface area contributed by atoms with Gasteiger partial charge in [-0.05, 0) is 48.5 Å². The standard InChI is InChI=1S/C16H14N4O4S/c1-24-13-6-2-11(3-7-13)16(21)15-10-20(19-18-15)12-4-8-14(9-5-12)25(17,22)23/h2-10H,1H3,(H2,17,22,23). The molecule has 0 unspecified atom stereocenters. The molecule has 0 spiro atoms. The van der Waals surface area contributed by atoms with E-state index in [1.807, 2.05) is 0 Å². The van der Waals surface area contributed by atoms with Crippen LogP contribution < -0.4 is 9.88 Å². The van der Waals surface area contributed by atoms with Gasteiger partial charge in [-0.3, -0.25) is 4.79 Å². The lowest BCUT2D eigenvalue weighted by molar-refractivity contribution is 0.103. The topological polar surface area (TPSA) is 117 Å². The number of benzene rings is 2. The van der Waals surface area contributed by atoms with Gasteiger partial charge in [0.2, 0.25) is 15.8 Å². The van der Waals surface area contributed by atoms with Crippen molar-refractivity contribution < 1.29 is 17.9 Å².